The van der Waals surface area contributed by atoms with Gasteiger partial charge in [-0.15, -0.1) is 0 Å². The van der Waals surface area contributed by atoms with E-state index < -0.39 is 5.41 Å². The van der Waals surface area contributed by atoms with Gasteiger partial charge in [0.25, 0.3) is 0 Å². The summed E-state index contributed by atoms with van der Waals surface area (Å²) in [4.78, 5) is 8.09. The van der Waals surface area contributed by atoms with E-state index >= 15 is 0 Å². The van der Waals surface area contributed by atoms with Crippen molar-refractivity contribution in [3.8, 4) is 45.3 Å². The summed E-state index contributed by atoms with van der Waals surface area (Å²) in [5, 5.41) is 15.4. The molecule has 0 saturated heterocycles. The minimum atomic E-state index is -0.461. The van der Waals surface area contributed by atoms with Crippen LogP contribution in [0.2, 0.25) is 0 Å². The normalized spacial score (nSPS) is 13.3. The predicted molar refractivity (Wildman–Crippen MR) is 251 cm³/mol. The predicted octanol–water partition coefficient (Wildman–Crippen LogP) is 14.5. The Hall–Kier alpha value is -7.71. The summed E-state index contributed by atoms with van der Waals surface area (Å²) in [6.45, 7) is 0. The number of aromatic nitrogens is 2. The van der Waals surface area contributed by atoms with Crippen molar-refractivity contribution >= 4 is 55.2 Å². The van der Waals surface area contributed by atoms with E-state index in [4.69, 9.17) is 4.98 Å². The molecule has 61 heavy (non-hydrogen) atoms. The summed E-state index contributed by atoms with van der Waals surface area (Å²) >= 11 is 1.90. The Balaban J connectivity index is 1.03. The first-order valence-electron chi connectivity index (χ1n) is 20.7. The van der Waals surface area contributed by atoms with Crippen LogP contribution in [0.5, 0.6) is 0 Å². The van der Waals surface area contributed by atoms with E-state index in [1.54, 1.807) is 0 Å². The minimum absolute atomic E-state index is 0.461. The van der Waals surface area contributed by atoms with Crippen LogP contribution in [-0.4, -0.2) is 9.55 Å². The molecule has 13 rings (SSSR count). The number of hydrogen-bond donors (Lipinski definition) is 0. The van der Waals surface area contributed by atoms with Crippen molar-refractivity contribution in [3.63, 3.8) is 0 Å². The molecule has 9 aromatic carbocycles. The highest BCUT2D eigenvalue weighted by molar-refractivity contribution is 7.99. The van der Waals surface area contributed by atoms with E-state index in [1.165, 1.54) is 48.6 Å². The largest absolute Gasteiger partial charge is 0.309 e. The van der Waals surface area contributed by atoms with E-state index in [1.807, 2.05) is 23.9 Å². The van der Waals surface area contributed by atoms with Crippen LogP contribution in [0, 0.1) is 11.3 Å². The van der Waals surface area contributed by atoms with Crippen LogP contribution in [0.25, 0.3) is 82.7 Å². The fourth-order valence-electron chi connectivity index (χ4n) is 10.5. The van der Waals surface area contributed by atoms with Gasteiger partial charge in [-0.1, -0.05) is 163 Å². The second-order valence-electron chi connectivity index (χ2n) is 16.1. The molecule has 11 aromatic rings. The van der Waals surface area contributed by atoms with Gasteiger partial charge in [-0.05, 0) is 93.0 Å². The minimum Gasteiger partial charge on any atom is -0.309 e. The molecular formula is C57H33N3S. The average molecular weight is 792 g/mol. The number of nitrogens with zero attached hydrogens (tertiary/aromatic N) is 3. The summed E-state index contributed by atoms with van der Waals surface area (Å²) in [5.74, 6) is 0. The van der Waals surface area contributed by atoms with Crippen LogP contribution >= 0.6 is 11.8 Å². The molecule has 3 heterocycles. The Kier molecular flexibility index (Phi) is 7.22. The molecule has 0 unspecified atom stereocenters. The quantitative estimate of drug-likeness (QED) is 0.167. The number of fused-ring (bicyclic) bond motifs is 16. The van der Waals surface area contributed by atoms with Crippen LogP contribution in [0.3, 0.4) is 0 Å². The highest BCUT2D eigenvalue weighted by Crippen LogP contribution is 2.63. The number of pyridine rings is 1. The monoisotopic (exact) mass is 791 g/mol. The Labute approximate surface area is 356 Å². The lowest BCUT2D eigenvalue weighted by molar-refractivity contribution is 0.726. The molecule has 0 bridgehead atoms. The average Bonchev–Trinajstić information content (AvgIpc) is 3.81. The van der Waals surface area contributed by atoms with Gasteiger partial charge in [0.2, 0.25) is 0 Å². The van der Waals surface area contributed by atoms with E-state index in [9.17, 15) is 5.26 Å². The van der Waals surface area contributed by atoms with Crippen molar-refractivity contribution in [2.45, 2.75) is 15.2 Å². The molecule has 0 atom stereocenters. The number of rotatable bonds is 3. The van der Waals surface area contributed by atoms with Gasteiger partial charge < -0.3 is 4.57 Å². The number of hydrogen-bond acceptors (Lipinski definition) is 3. The van der Waals surface area contributed by atoms with Crippen molar-refractivity contribution < 1.29 is 0 Å². The standard InChI is InChI=1S/C57H33N3S/c58-34-35-22-31-52-45(32-35)42-16-6-10-20-51(42)60(52)39-26-23-36(24-27-39)38-25-28-43-50(33-38)59-55(37-12-2-1-3-13-37)44-29-30-49-56(54(43)44)61-53-21-11-9-19-48(53)57(49)46-17-7-4-14-40(46)41-15-5-8-18-47(41)57/h1-33H. The molecule has 1 spiro atoms. The Morgan fingerprint density at radius 2 is 1.13 bits per heavy atom. The smallest absolute Gasteiger partial charge is 0.0991 e. The second kappa shape index (κ2) is 12.9. The van der Waals surface area contributed by atoms with Gasteiger partial charge in [0.1, 0.15) is 0 Å². The second-order valence-corrected chi connectivity index (χ2v) is 17.2. The van der Waals surface area contributed by atoms with Gasteiger partial charge in [0.05, 0.1) is 39.3 Å². The molecule has 0 radical (unpaired) electrons. The molecule has 3 nitrogen and oxygen atoms in total. The van der Waals surface area contributed by atoms with Gasteiger partial charge in [-0.3, -0.25) is 0 Å². The maximum Gasteiger partial charge on any atom is 0.0991 e. The van der Waals surface area contributed by atoms with Gasteiger partial charge in [0, 0.05) is 48.0 Å². The van der Waals surface area contributed by atoms with Crippen molar-refractivity contribution in [2.75, 3.05) is 0 Å². The molecule has 0 N–H and O–H groups in total. The summed E-state index contributed by atoms with van der Waals surface area (Å²) in [5.41, 5.74) is 16.7. The first kappa shape index (κ1) is 34.2. The molecule has 4 heteroatoms. The molecular weight excluding hydrogens is 759 g/mol. The van der Waals surface area contributed by atoms with Crippen molar-refractivity contribution in [1.82, 2.24) is 9.55 Å². The fraction of sp³-hybridized carbons (Fsp3) is 0.0175. The number of nitriles is 1. The molecule has 0 amide bonds. The van der Waals surface area contributed by atoms with Gasteiger partial charge in [-0.2, -0.15) is 5.26 Å². The van der Waals surface area contributed by atoms with Crippen molar-refractivity contribution in [1.29, 1.82) is 5.26 Å². The molecule has 1 aliphatic carbocycles. The molecule has 282 valence electrons. The Morgan fingerprint density at radius 1 is 0.475 bits per heavy atom. The maximum atomic E-state index is 9.66. The Bertz CT molecular complexity index is 3640. The first-order valence-corrected chi connectivity index (χ1v) is 21.5. The molecule has 0 saturated carbocycles. The number of benzene rings is 9. The topological polar surface area (TPSA) is 41.6 Å². The zero-order valence-electron chi connectivity index (χ0n) is 32.8. The van der Waals surface area contributed by atoms with Gasteiger partial charge in [-0.25, -0.2) is 4.98 Å². The summed E-state index contributed by atoms with van der Waals surface area (Å²) in [6, 6.07) is 74.8. The van der Waals surface area contributed by atoms with E-state index in [0.717, 1.165) is 66.2 Å². The third kappa shape index (κ3) is 4.73. The number of para-hydroxylation sites is 1. The third-order valence-corrected chi connectivity index (χ3v) is 14.3. The summed E-state index contributed by atoms with van der Waals surface area (Å²) in [6.07, 6.45) is 0. The zero-order chi connectivity index (χ0) is 40.2. The fourth-order valence-corrected chi connectivity index (χ4v) is 11.9. The van der Waals surface area contributed by atoms with Gasteiger partial charge in [0.15, 0.2) is 0 Å². The summed E-state index contributed by atoms with van der Waals surface area (Å²) in [7, 11) is 0. The van der Waals surface area contributed by atoms with E-state index in [0.29, 0.717) is 5.56 Å². The lowest BCUT2D eigenvalue weighted by Crippen LogP contribution is -2.32. The third-order valence-electron chi connectivity index (χ3n) is 13.1. The first-order chi connectivity index (χ1) is 30.2. The maximum absolute atomic E-state index is 9.66. The lowest BCUT2D eigenvalue weighted by Gasteiger charge is -2.40. The van der Waals surface area contributed by atoms with Crippen molar-refractivity contribution in [2.24, 2.45) is 0 Å². The van der Waals surface area contributed by atoms with E-state index in [-0.39, 0.29) is 0 Å². The summed E-state index contributed by atoms with van der Waals surface area (Å²) < 4.78 is 2.29. The van der Waals surface area contributed by atoms with E-state index in [2.05, 4.69) is 199 Å². The highest BCUT2D eigenvalue weighted by Gasteiger charge is 2.50. The molecule has 0 fully saturated rings. The lowest BCUT2D eigenvalue weighted by atomic mass is 9.67. The van der Waals surface area contributed by atoms with Gasteiger partial charge >= 0.3 is 0 Å². The van der Waals surface area contributed by atoms with Crippen LogP contribution in [-0.2, 0) is 5.41 Å². The van der Waals surface area contributed by atoms with Crippen LogP contribution < -0.4 is 0 Å². The molecule has 1 aliphatic heterocycles. The van der Waals surface area contributed by atoms with Crippen molar-refractivity contribution in [3.05, 3.63) is 228 Å². The Morgan fingerprint density at radius 3 is 1.92 bits per heavy atom. The van der Waals surface area contributed by atoms with Crippen LogP contribution in [0.4, 0.5) is 0 Å². The molecule has 2 aliphatic rings. The SMILES string of the molecule is N#Cc1ccc2c(c1)c1ccccc1n2-c1ccc(-c2ccc3c(c2)nc(-c2ccccc2)c2ccc4c(c23)Sc2ccccc2C42c3ccccc3-c3ccccc32)cc1. The highest BCUT2D eigenvalue weighted by atomic mass is 32.2. The van der Waals surface area contributed by atoms with Crippen LogP contribution in [0.15, 0.2) is 210 Å². The zero-order valence-corrected chi connectivity index (χ0v) is 33.6. The molecule has 2 aromatic heterocycles. The van der Waals surface area contributed by atoms with Crippen LogP contribution in [0.1, 0.15) is 27.8 Å².